The SMILES string of the molecule is CCOC1(O)OC1(C)O. The van der Waals surface area contributed by atoms with E-state index in [0.29, 0.717) is 6.61 Å². The number of aliphatic hydroxyl groups is 2. The van der Waals surface area contributed by atoms with Crippen LogP contribution in [-0.2, 0) is 9.47 Å². The summed E-state index contributed by atoms with van der Waals surface area (Å²) in [5.41, 5.74) is 0. The molecule has 0 aromatic carbocycles. The molecular weight excluding hydrogens is 124 g/mol. The van der Waals surface area contributed by atoms with Gasteiger partial charge in [-0.25, -0.2) is 0 Å². The van der Waals surface area contributed by atoms with Crippen LogP contribution in [0.25, 0.3) is 0 Å². The number of epoxide rings is 1. The Morgan fingerprint density at radius 3 is 2.11 bits per heavy atom. The second kappa shape index (κ2) is 1.67. The molecule has 0 aliphatic carbocycles. The molecule has 9 heavy (non-hydrogen) atoms. The molecule has 1 rings (SSSR count). The summed E-state index contributed by atoms with van der Waals surface area (Å²) in [5, 5.41) is 17.8. The zero-order valence-electron chi connectivity index (χ0n) is 5.42. The van der Waals surface area contributed by atoms with Crippen LogP contribution in [0.3, 0.4) is 0 Å². The van der Waals surface area contributed by atoms with Crippen LogP contribution in [0.1, 0.15) is 13.8 Å². The first-order valence-electron chi connectivity index (χ1n) is 2.81. The van der Waals surface area contributed by atoms with Gasteiger partial charge in [0.05, 0.1) is 0 Å². The summed E-state index contributed by atoms with van der Waals surface area (Å²) in [6, 6.07) is 0. The second-order valence-corrected chi connectivity index (χ2v) is 2.10. The molecule has 0 saturated carbocycles. The molecule has 4 heteroatoms. The smallest absolute Gasteiger partial charge is 0.340 e. The maximum Gasteiger partial charge on any atom is 0.340 e. The molecule has 4 nitrogen and oxygen atoms in total. The molecule has 0 aromatic rings. The maximum atomic E-state index is 8.96. The Hall–Kier alpha value is -0.160. The first kappa shape index (κ1) is 6.95. The third-order valence-corrected chi connectivity index (χ3v) is 1.22. The van der Waals surface area contributed by atoms with Crippen molar-refractivity contribution in [2.45, 2.75) is 25.6 Å². The van der Waals surface area contributed by atoms with E-state index in [1.807, 2.05) is 0 Å². The molecule has 0 bridgehead atoms. The lowest BCUT2D eigenvalue weighted by atomic mass is 10.4. The highest BCUT2D eigenvalue weighted by Gasteiger charge is 2.69. The topological polar surface area (TPSA) is 62.2 Å². The van der Waals surface area contributed by atoms with Crippen LogP contribution in [0.15, 0.2) is 0 Å². The Kier molecular flexibility index (Phi) is 1.29. The normalized spacial score (nSPS) is 49.3. The molecule has 2 atom stereocenters. The van der Waals surface area contributed by atoms with E-state index in [4.69, 9.17) is 10.2 Å². The summed E-state index contributed by atoms with van der Waals surface area (Å²) >= 11 is 0. The van der Waals surface area contributed by atoms with Crippen molar-refractivity contribution in [1.29, 1.82) is 0 Å². The van der Waals surface area contributed by atoms with Crippen LogP contribution in [0.2, 0.25) is 0 Å². The third-order valence-electron chi connectivity index (χ3n) is 1.22. The van der Waals surface area contributed by atoms with E-state index in [9.17, 15) is 0 Å². The molecular formula is C5H10O4. The molecule has 1 fully saturated rings. The van der Waals surface area contributed by atoms with Crippen molar-refractivity contribution in [1.82, 2.24) is 0 Å². The predicted octanol–water partition coefficient (Wildman–Crippen LogP) is -0.592. The van der Waals surface area contributed by atoms with E-state index in [2.05, 4.69) is 9.47 Å². The monoisotopic (exact) mass is 134 g/mol. The Labute approximate surface area is 53.0 Å². The molecule has 2 unspecified atom stereocenters. The average molecular weight is 134 g/mol. The molecule has 1 aliphatic rings. The van der Waals surface area contributed by atoms with Gasteiger partial charge < -0.3 is 14.9 Å². The van der Waals surface area contributed by atoms with Crippen LogP contribution >= 0.6 is 0 Å². The number of rotatable bonds is 2. The van der Waals surface area contributed by atoms with Crippen LogP contribution < -0.4 is 0 Å². The summed E-state index contributed by atoms with van der Waals surface area (Å²) in [4.78, 5) is 0. The summed E-state index contributed by atoms with van der Waals surface area (Å²) in [6.45, 7) is 3.35. The number of hydrogen-bond acceptors (Lipinski definition) is 4. The van der Waals surface area contributed by atoms with Crippen LogP contribution in [0.5, 0.6) is 0 Å². The van der Waals surface area contributed by atoms with E-state index in [0.717, 1.165) is 0 Å². The molecule has 0 radical (unpaired) electrons. The van der Waals surface area contributed by atoms with Gasteiger partial charge in [0.25, 0.3) is 5.79 Å². The lowest BCUT2D eigenvalue weighted by Crippen LogP contribution is -2.25. The highest BCUT2D eigenvalue weighted by atomic mass is 17.0. The molecule has 1 aliphatic heterocycles. The van der Waals surface area contributed by atoms with Crippen LogP contribution in [0.4, 0.5) is 0 Å². The standard InChI is InChI=1S/C5H10O4/c1-3-8-5(7)4(2,6)9-5/h6-7H,3H2,1-2H3. The second-order valence-electron chi connectivity index (χ2n) is 2.10. The summed E-state index contributed by atoms with van der Waals surface area (Å²) < 4.78 is 9.06. The summed E-state index contributed by atoms with van der Waals surface area (Å²) in [5.74, 6) is -3.26. The fourth-order valence-electron chi connectivity index (χ4n) is 0.603. The molecule has 54 valence electrons. The van der Waals surface area contributed by atoms with Crippen molar-refractivity contribution in [3.8, 4) is 0 Å². The largest absolute Gasteiger partial charge is 0.359 e. The minimum absolute atomic E-state index is 0.312. The Morgan fingerprint density at radius 2 is 2.00 bits per heavy atom. The van der Waals surface area contributed by atoms with Gasteiger partial charge >= 0.3 is 5.97 Å². The lowest BCUT2D eigenvalue weighted by Gasteiger charge is -2.04. The first-order chi connectivity index (χ1) is 4.02. The number of ether oxygens (including phenoxy) is 2. The predicted molar refractivity (Wildman–Crippen MR) is 28.3 cm³/mol. The average Bonchev–Trinajstić information content (AvgIpc) is 2.07. The van der Waals surface area contributed by atoms with Gasteiger partial charge in [0, 0.05) is 6.61 Å². The van der Waals surface area contributed by atoms with Crippen molar-refractivity contribution in [2.24, 2.45) is 0 Å². The van der Waals surface area contributed by atoms with Gasteiger partial charge in [-0.3, -0.25) is 4.74 Å². The van der Waals surface area contributed by atoms with Gasteiger partial charge in [-0.05, 0) is 13.8 Å². The van der Waals surface area contributed by atoms with E-state index in [1.165, 1.54) is 6.92 Å². The minimum Gasteiger partial charge on any atom is -0.359 e. The molecule has 0 amide bonds. The van der Waals surface area contributed by atoms with Crippen molar-refractivity contribution >= 4 is 0 Å². The van der Waals surface area contributed by atoms with E-state index < -0.39 is 11.8 Å². The molecule has 2 N–H and O–H groups in total. The van der Waals surface area contributed by atoms with Gasteiger partial charge in [0.15, 0.2) is 0 Å². The molecule has 1 heterocycles. The Balaban J connectivity index is 2.42. The quantitative estimate of drug-likeness (QED) is 0.391. The Bertz CT molecular complexity index is 122. The van der Waals surface area contributed by atoms with Gasteiger partial charge in [-0.1, -0.05) is 0 Å². The highest BCUT2D eigenvalue weighted by molar-refractivity contribution is 4.88. The summed E-state index contributed by atoms with van der Waals surface area (Å²) in [6.07, 6.45) is 0. The fraction of sp³-hybridized carbons (Fsp3) is 1.00. The van der Waals surface area contributed by atoms with Gasteiger partial charge in [0.2, 0.25) is 0 Å². The van der Waals surface area contributed by atoms with Crippen molar-refractivity contribution < 1.29 is 19.7 Å². The highest BCUT2D eigenvalue weighted by Crippen LogP contribution is 2.43. The molecule has 0 spiro atoms. The first-order valence-corrected chi connectivity index (χ1v) is 2.81. The van der Waals surface area contributed by atoms with Gasteiger partial charge in [-0.15, -0.1) is 0 Å². The van der Waals surface area contributed by atoms with E-state index in [-0.39, 0.29) is 0 Å². The van der Waals surface area contributed by atoms with Gasteiger partial charge in [-0.2, -0.15) is 0 Å². The molecule has 0 aromatic heterocycles. The van der Waals surface area contributed by atoms with Crippen molar-refractivity contribution in [3.05, 3.63) is 0 Å². The molecule has 1 saturated heterocycles. The van der Waals surface area contributed by atoms with Crippen molar-refractivity contribution in [2.75, 3.05) is 6.61 Å². The zero-order chi connectivity index (χ0) is 7.12. The van der Waals surface area contributed by atoms with Crippen LogP contribution in [0, 0.1) is 0 Å². The van der Waals surface area contributed by atoms with Gasteiger partial charge in [0.1, 0.15) is 0 Å². The maximum absolute atomic E-state index is 8.96. The minimum atomic E-state index is -1.75. The van der Waals surface area contributed by atoms with Crippen molar-refractivity contribution in [3.63, 3.8) is 0 Å². The Morgan fingerprint density at radius 1 is 1.56 bits per heavy atom. The zero-order valence-corrected chi connectivity index (χ0v) is 5.42. The lowest BCUT2D eigenvalue weighted by molar-refractivity contribution is -0.198. The van der Waals surface area contributed by atoms with E-state index >= 15 is 0 Å². The van der Waals surface area contributed by atoms with E-state index in [1.54, 1.807) is 6.92 Å². The summed E-state index contributed by atoms with van der Waals surface area (Å²) in [7, 11) is 0. The third kappa shape index (κ3) is 0.943. The van der Waals surface area contributed by atoms with Crippen LogP contribution in [-0.4, -0.2) is 28.6 Å². The number of hydrogen-bond donors (Lipinski definition) is 2. The fourth-order valence-corrected chi connectivity index (χ4v) is 0.603.